The lowest BCUT2D eigenvalue weighted by Crippen LogP contribution is -2.38. The first-order chi connectivity index (χ1) is 17.6. The predicted octanol–water partition coefficient (Wildman–Crippen LogP) is -1.38. The Kier molecular flexibility index (Phi) is 6.81. The second-order valence-corrected chi connectivity index (χ2v) is 8.07. The molecule has 0 amide bonds. The molecule has 37 heavy (non-hydrogen) atoms. The van der Waals surface area contributed by atoms with E-state index in [9.17, 15) is 14.7 Å². The second-order valence-electron chi connectivity index (χ2n) is 8.07. The largest absolute Gasteiger partial charge is 0.394 e. The third-order valence-electron chi connectivity index (χ3n) is 5.49. The first-order valence-corrected chi connectivity index (χ1v) is 10.9. The molecule has 0 aliphatic carbocycles. The number of nitrogen functional groups attached to an aromatic ring is 3. The van der Waals surface area contributed by atoms with E-state index in [4.69, 9.17) is 22.3 Å². The molecule has 0 fully saturated rings. The van der Waals surface area contributed by atoms with Gasteiger partial charge in [0.15, 0.2) is 34.0 Å². The van der Waals surface area contributed by atoms with E-state index in [0.29, 0.717) is 16.9 Å². The summed E-state index contributed by atoms with van der Waals surface area (Å²) in [4.78, 5) is 44.1. The summed E-state index contributed by atoms with van der Waals surface area (Å²) >= 11 is 0. The summed E-state index contributed by atoms with van der Waals surface area (Å²) in [6.07, 6.45) is 0.383. The SMILES string of the molecule is Cn1c(=O)c2c(ncn2CC(O)CO)n(C)c1=O.Nc1nc(N)c2nc(-c3ccccc3)c(N)nc2n1. The number of nitrogens with zero attached hydrogens (tertiary/aromatic N) is 8. The fraction of sp³-hybridized carbons (Fsp3) is 0.227. The number of nitrogens with two attached hydrogens (primary N) is 3. The average Bonchev–Trinajstić information content (AvgIpc) is 3.30. The molecule has 4 aromatic heterocycles. The molecule has 0 aliphatic heterocycles. The van der Waals surface area contributed by atoms with Crippen molar-refractivity contribution in [2.45, 2.75) is 12.6 Å². The molecule has 15 heteroatoms. The highest BCUT2D eigenvalue weighted by Gasteiger charge is 2.16. The van der Waals surface area contributed by atoms with Crippen LogP contribution in [-0.4, -0.2) is 61.5 Å². The Bertz CT molecular complexity index is 1710. The molecule has 1 aromatic carbocycles. The Morgan fingerprint density at radius 1 is 0.946 bits per heavy atom. The Labute approximate surface area is 208 Å². The minimum absolute atomic E-state index is 0.0421. The number of rotatable bonds is 4. The summed E-state index contributed by atoms with van der Waals surface area (Å²) < 4.78 is 3.67. The van der Waals surface area contributed by atoms with Gasteiger partial charge in [-0.1, -0.05) is 30.3 Å². The van der Waals surface area contributed by atoms with Crippen molar-refractivity contribution in [3.05, 3.63) is 57.5 Å². The Balaban J connectivity index is 0.000000173. The van der Waals surface area contributed by atoms with Crippen LogP contribution >= 0.6 is 0 Å². The van der Waals surface area contributed by atoms with Gasteiger partial charge in [0.1, 0.15) is 5.69 Å². The predicted molar refractivity (Wildman–Crippen MR) is 137 cm³/mol. The van der Waals surface area contributed by atoms with Crippen molar-refractivity contribution >= 4 is 39.9 Å². The lowest BCUT2D eigenvalue weighted by atomic mass is 10.1. The molecule has 15 nitrogen and oxygen atoms in total. The normalized spacial score (nSPS) is 11.9. The van der Waals surface area contributed by atoms with Gasteiger partial charge in [-0.15, -0.1) is 0 Å². The van der Waals surface area contributed by atoms with Crippen molar-refractivity contribution in [3.8, 4) is 11.3 Å². The number of imidazole rings is 1. The highest BCUT2D eigenvalue weighted by atomic mass is 16.3. The van der Waals surface area contributed by atoms with Gasteiger partial charge in [-0.2, -0.15) is 9.97 Å². The van der Waals surface area contributed by atoms with Gasteiger partial charge in [-0.3, -0.25) is 13.9 Å². The zero-order valence-corrected chi connectivity index (χ0v) is 20.0. The van der Waals surface area contributed by atoms with Crippen LogP contribution in [0.4, 0.5) is 17.6 Å². The second kappa shape index (κ2) is 10.00. The molecule has 0 radical (unpaired) electrons. The van der Waals surface area contributed by atoms with Crippen molar-refractivity contribution in [3.63, 3.8) is 0 Å². The van der Waals surface area contributed by atoms with Gasteiger partial charge in [-0.05, 0) is 0 Å². The zero-order chi connectivity index (χ0) is 26.9. The van der Waals surface area contributed by atoms with E-state index in [1.807, 2.05) is 30.3 Å². The molecule has 8 N–H and O–H groups in total. The van der Waals surface area contributed by atoms with Crippen molar-refractivity contribution in [2.24, 2.45) is 14.1 Å². The summed E-state index contributed by atoms with van der Waals surface area (Å²) in [6, 6.07) is 9.47. The number of aryl methyl sites for hydroxylation is 1. The Morgan fingerprint density at radius 3 is 2.32 bits per heavy atom. The highest BCUT2D eigenvalue weighted by molar-refractivity contribution is 5.87. The number of hydrogen-bond acceptors (Lipinski definition) is 12. The summed E-state index contributed by atoms with van der Waals surface area (Å²) in [5.41, 5.74) is 18.8. The molecule has 0 saturated carbocycles. The lowest BCUT2D eigenvalue weighted by molar-refractivity contribution is 0.0820. The van der Waals surface area contributed by atoms with E-state index in [1.165, 1.54) is 29.6 Å². The van der Waals surface area contributed by atoms with E-state index < -0.39 is 24.0 Å². The maximum Gasteiger partial charge on any atom is 0.332 e. The van der Waals surface area contributed by atoms with Gasteiger partial charge in [0.25, 0.3) is 5.56 Å². The first kappa shape index (κ1) is 25.2. The maximum atomic E-state index is 12.0. The van der Waals surface area contributed by atoms with Gasteiger partial charge in [0, 0.05) is 19.7 Å². The number of anilines is 3. The van der Waals surface area contributed by atoms with Crippen LogP contribution < -0.4 is 28.5 Å². The summed E-state index contributed by atoms with van der Waals surface area (Å²) in [6.45, 7) is -0.369. The molecule has 0 aliphatic rings. The standard InChI is InChI=1S/C12H11N7.C10H14N4O4/c13-9-7(6-4-2-1-3-5-6)16-8-10(14)18-12(15)19-11(8)17-9;1-12-8-7(9(17)13(2)10(12)18)14(5-11-8)3-6(16)4-15/h1-5H,(H6,13,14,15,17,18,19);5-6,15-16H,3-4H2,1-2H3. The molecule has 0 spiro atoms. The summed E-state index contributed by atoms with van der Waals surface area (Å²) in [5, 5.41) is 18.2. The Morgan fingerprint density at radius 2 is 1.65 bits per heavy atom. The van der Waals surface area contributed by atoms with Crippen LogP contribution in [0.25, 0.3) is 33.6 Å². The minimum atomic E-state index is -0.982. The molecular weight excluding hydrogens is 482 g/mol. The molecule has 1 unspecified atom stereocenters. The van der Waals surface area contributed by atoms with Crippen LogP contribution in [0.15, 0.2) is 46.2 Å². The fourth-order valence-corrected chi connectivity index (χ4v) is 3.63. The minimum Gasteiger partial charge on any atom is -0.394 e. The summed E-state index contributed by atoms with van der Waals surface area (Å²) in [5.74, 6) is 0.509. The van der Waals surface area contributed by atoms with E-state index >= 15 is 0 Å². The molecule has 192 valence electrons. The van der Waals surface area contributed by atoms with Crippen LogP contribution in [0.3, 0.4) is 0 Å². The van der Waals surface area contributed by atoms with Gasteiger partial charge in [0.2, 0.25) is 5.95 Å². The summed E-state index contributed by atoms with van der Waals surface area (Å²) in [7, 11) is 2.90. The lowest BCUT2D eigenvalue weighted by Gasteiger charge is -2.09. The number of benzene rings is 1. The number of aliphatic hydroxyl groups is 2. The molecule has 5 rings (SSSR count). The number of aromatic nitrogens is 8. The van der Waals surface area contributed by atoms with E-state index in [1.54, 1.807) is 0 Å². The topological polar surface area (TPSA) is 232 Å². The van der Waals surface area contributed by atoms with Gasteiger partial charge in [0.05, 0.1) is 25.6 Å². The van der Waals surface area contributed by atoms with Crippen LogP contribution in [0.5, 0.6) is 0 Å². The zero-order valence-electron chi connectivity index (χ0n) is 20.0. The smallest absolute Gasteiger partial charge is 0.332 e. The van der Waals surface area contributed by atoms with Crippen molar-refractivity contribution in [1.82, 2.24) is 38.6 Å². The van der Waals surface area contributed by atoms with Gasteiger partial charge >= 0.3 is 5.69 Å². The fourth-order valence-electron chi connectivity index (χ4n) is 3.63. The van der Waals surface area contributed by atoms with Crippen molar-refractivity contribution in [2.75, 3.05) is 23.8 Å². The molecule has 5 aromatic rings. The van der Waals surface area contributed by atoms with Crippen molar-refractivity contribution in [1.29, 1.82) is 0 Å². The monoisotopic (exact) mass is 507 g/mol. The van der Waals surface area contributed by atoms with Crippen LogP contribution in [0.2, 0.25) is 0 Å². The molecule has 0 bridgehead atoms. The number of hydrogen-bond donors (Lipinski definition) is 5. The van der Waals surface area contributed by atoms with E-state index in [2.05, 4.69) is 24.9 Å². The van der Waals surface area contributed by atoms with Crippen LogP contribution in [0, 0.1) is 0 Å². The van der Waals surface area contributed by atoms with Crippen LogP contribution in [0.1, 0.15) is 0 Å². The number of fused-ring (bicyclic) bond motifs is 2. The Hall–Kier alpha value is -4.89. The highest BCUT2D eigenvalue weighted by Crippen LogP contribution is 2.25. The maximum absolute atomic E-state index is 12.0. The third-order valence-corrected chi connectivity index (χ3v) is 5.49. The quantitative estimate of drug-likeness (QED) is 0.189. The molecule has 1 atom stereocenters. The van der Waals surface area contributed by atoms with Crippen LogP contribution in [-0.2, 0) is 20.6 Å². The van der Waals surface area contributed by atoms with E-state index in [-0.39, 0.29) is 35.3 Å². The van der Waals surface area contributed by atoms with Gasteiger partial charge < -0.3 is 32.0 Å². The molecule has 4 heterocycles. The average molecular weight is 508 g/mol. The van der Waals surface area contributed by atoms with Crippen molar-refractivity contribution < 1.29 is 10.2 Å². The van der Waals surface area contributed by atoms with Gasteiger partial charge in [-0.25, -0.2) is 19.7 Å². The molecular formula is C22H25N11O4. The first-order valence-electron chi connectivity index (χ1n) is 10.9. The van der Waals surface area contributed by atoms with E-state index in [0.717, 1.165) is 10.1 Å². The number of aliphatic hydroxyl groups excluding tert-OH is 2. The molecule has 0 saturated heterocycles. The third kappa shape index (κ3) is 4.80.